The molecule has 1 N–H and O–H groups in total. The largest absolute Gasteiger partial charge is 0.548 e. The highest BCUT2D eigenvalue weighted by Crippen LogP contribution is 2.36. The molecule has 0 unspecified atom stereocenters. The lowest BCUT2D eigenvalue weighted by atomic mass is 10.0. The summed E-state index contributed by atoms with van der Waals surface area (Å²) in [7, 11) is 0. The summed E-state index contributed by atoms with van der Waals surface area (Å²) in [5.74, 6) is -2.12. The number of hydrogen-bond acceptors (Lipinski definition) is 6. The monoisotopic (exact) mass is 336 g/mol. The van der Waals surface area contributed by atoms with Gasteiger partial charge in [0.25, 0.3) is 5.91 Å². The number of rotatable bonds is 4. The number of thiocarbonyl (C=S) groups is 1. The van der Waals surface area contributed by atoms with Gasteiger partial charge in [0.15, 0.2) is 0 Å². The number of amides is 1. The van der Waals surface area contributed by atoms with Crippen LogP contribution in [0.25, 0.3) is 6.08 Å². The molecule has 0 aliphatic carbocycles. The zero-order valence-corrected chi connectivity index (χ0v) is 13.6. The highest BCUT2D eigenvalue weighted by atomic mass is 32.2. The first kappa shape index (κ1) is 16.5. The zero-order valence-electron chi connectivity index (χ0n) is 12.0. The van der Waals surface area contributed by atoms with Gasteiger partial charge in [-0.05, 0) is 18.1 Å². The molecule has 1 aromatic carbocycles. The topological polar surface area (TPSA) is 80.7 Å². The molecule has 2 rings (SSSR count). The number of hydrogen-bond donors (Lipinski definition) is 1. The van der Waals surface area contributed by atoms with Crippen molar-refractivity contribution in [2.24, 2.45) is 5.92 Å². The van der Waals surface area contributed by atoms with Crippen molar-refractivity contribution in [2.75, 3.05) is 0 Å². The number of aliphatic carboxylic acids is 1. The maximum Gasteiger partial charge on any atom is 0.266 e. The zero-order chi connectivity index (χ0) is 16.4. The molecule has 0 saturated carbocycles. The van der Waals surface area contributed by atoms with E-state index in [1.54, 1.807) is 32.0 Å². The Labute approximate surface area is 137 Å². The van der Waals surface area contributed by atoms with Crippen LogP contribution in [0, 0.1) is 5.92 Å². The Hall–Kier alpha value is -1.86. The molecule has 7 heteroatoms. The first-order valence-corrected chi connectivity index (χ1v) is 7.81. The van der Waals surface area contributed by atoms with Crippen LogP contribution in [0.2, 0.25) is 0 Å². The Morgan fingerprint density at radius 2 is 2.05 bits per heavy atom. The molecule has 1 saturated heterocycles. The third-order valence-corrected chi connectivity index (χ3v) is 4.53. The Bertz CT molecular complexity index is 669. The lowest BCUT2D eigenvalue weighted by molar-refractivity contribution is -0.311. The Morgan fingerprint density at radius 3 is 2.59 bits per heavy atom. The average molecular weight is 336 g/mol. The van der Waals surface area contributed by atoms with Gasteiger partial charge < -0.3 is 15.0 Å². The second-order valence-corrected chi connectivity index (χ2v) is 6.79. The fourth-order valence-corrected chi connectivity index (χ4v) is 3.47. The number of carboxylic acids is 1. The van der Waals surface area contributed by atoms with Crippen molar-refractivity contribution in [1.82, 2.24) is 4.90 Å². The van der Waals surface area contributed by atoms with Crippen LogP contribution in [0.4, 0.5) is 0 Å². The van der Waals surface area contributed by atoms with E-state index in [4.69, 9.17) is 12.2 Å². The van der Waals surface area contributed by atoms with Crippen molar-refractivity contribution >= 4 is 46.3 Å². The molecule has 1 aliphatic heterocycles. The summed E-state index contributed by atoms with van der Waals surface area (Å²) in [4.78, 5) is 25.1. The summed E-state index contributed by atoms with van der Waals surface area (Å²) >= 11 is 6.15. The average Bonchev–Trinajstić information content (AvgIpc) is 2.69. The number of para-hydroxylation sites is 1. The second kappa shape index (κ2) is 6.50. The van der Waals surface area contributed by atoms with E-state index in [-0.39, 0.29) is 20.9 Å². The minimum absolute atomic E-state index is 0.0353. The van der Waals surface area contributed by atoms with Crippen LogP contribution in [0.3, 0.4) is 0 Å². The summed E-state index contributed by atoms with van der Waals surface area (Å²) in [6.07, 6.45) is 1.50. The maximum atomic E-state index is 12.5. The molecular weight excluding hydrogens is 322 g/mol. The quantitative estimate of drug-likeness (QED) is 0.661. The molecule has 0 bridgehead atoms. The first-order valence-electron chi connectivity index (χ1n) is 6.59. The summed E-state index contributed by atoms with van der Waals surface area (Å²) in [6.45, 7) is 3.37. The number of nitrogens with zero attached hydrogens (tertiary/aromatic N) is 1. The molecule has 1 fully saturated rings. The van der Waals surface area contributed by atoms with E-state index in [9.17, 15) is 19.8 Å². The van der Waals surface area contributed by atoms with Gasteiger partial charge in [0.05, 0.1) is 16.9 Å². The van der Waals surface area contributed by atoms with E-state index in [0.29, 0.717) is 5.56 Å². The van der Waals surface area contributed by atoms with Gasteiger partial charge in [0.2, 0.25) is 0 Å². The lowest BCUT2D eigenvalue weighted by Gasteiger charge is -2.30. The molecule has 5 nitrogen and oxygen atoms in total. The fourth-order valence-electron chi connectivity index (χ4n) is 2.15. The molecule has 1 atom stereocenters. The molecule has 116 valence electrons. The number of thioether (sulfide) groups is 1. The Balaban J connectivity index is 2.37. The number of benzene rings is 1. The van der Waals surface area contributed by atoms with Gasteiger partial charge >= 0.3 is 0 Å². The van der Waals surface area contributed by atoms with Crippen LogP contribution >= 0.6 is 24.0 Å². The van der Waals surface area contributed by atoms with E-state index in [2.05, 4.69) is 0 Å². The van der Waals surface area contributed by atoms with Crippen molar-refractivity contribution < 1.29 is 19.8 Å². The van der Waals surface area contributed by atoms with Gasteiger partial charge in [-0.15, -0.1) is 0 Å². The van der Waals surface area contributed by atoms with Gasteiger partial charge in [-0.25, -0.2) is 0 Å². The van der Waals surface area contributed by atoms with Crippen LogP contribution in [0.5, 0.6) is 5.75 Å². The van der Waals surface area contributed by atoms with E-state index in [1.807, 2.05) is 0 Å². The van der Waals surface area contributed by atoms with Crippen LogP contribution in [-0.4, -0.2) is 32.2 Å². The van der Waals surface area contributed by atoms with Gasteiger partial charge in [0, 0.05) is 5.56 Å². The number of carbonyl (C=O) groups excluding carboxylic acids is 2. The second-order valence-electron chi connectivity index (χ2n) is 5.12. The molecule has 1 aromatic rings. The predicted molar refractivity (Wildman–Crippen MR) is 86.8 cm³/mol. The van der Waals surface area contributed by atoms with Crippen molar-refractivity contribution in [1.29, 1.82) is 0 Å². The molecule has 0 spiro atoms. The minimum Gasteiger partial charge on any atom is -0.548 e. The summed E-state index contributed by atoms with van der Waals surface area (Å²) in [5.41, 5.74) is 0.470. The number of carboxylic acid groups (broad SMARTS) is 1. The number of phenols is 1. The van der Waals surface area contributed by atoms with Crippen molar-refractivity contribution in [2.45, 2.75) is 19.9 Å². The third-order valence-electron chi connectivity index (χ3n) is 3.20. The van der Waals surface area contributed by atoms with Gasteiger partial charge in [-0.2, -0.15) is 0 Å². The normalized spacial score (nSPS) is 18.3. The highest BCUT2D eigenvalue weighted by Gasteiger charge is 2.39. The predicted octanol–water partition coefficient (Wildman–Crippen LogP) is 1.37. The number of aromatic hydroxyl groups is 1. The minimum atomic E-state index is -1.34. The number of carbonyl (C=O) groups is 2. The number of phenolic OH excluding ortho intramolecular Hbond substituents is 1. The van der Waals surface area contributed by atoms with Gasteiger partial charge in [0.1, 0.15) is 10.1 Å². The summed E-state index contributed by atoms with van der Waals surface area (Å²) < 4.78 is 0.176. The van der Waals surface area contributed by atoms with E-state index in [1.165, 1.54) is 12.1 Å². The summed E-state index contributed by atoms with van der Waals surface area (Å²) in [6, 6.07) is 5.45. The van der Waals surface area contributed by atoms with E-state index >= 15 is 0 Å². The van der Waals surface area contributed by atoms with E-state index in [0.717, 1.165) is 16.7 Å². The van der Waals surface area contributed by atoms with Crippen molar-refractivity contribution in [3.8, 4) is 5.75 Å². The smallest absolute Gasteiger partial charge is 0.266 e. The van der Waals surface area contributed by atoms with Gasteiger partial charge in [-0.1, -0.05) is 56.0 Å². The Kier molecular flexibility index (Phi) is 4.87. The SMILES string of the molecule is CC(C)[C@H](C(=O)[O-])N1C(=O)/C(=C/c2ccccc2O)SC1=S. The molecular formula is C15H14NO4S2-. The van der Waals surface area contributed by atoms with Crippen LogP contribution in [-0.2, 0) is 9.59 Å². The third kappa shape index (κ3) is 3.15. The molecule has 1 heterocycles. The highest BCUT2D eigenvalue weighted by molar-refractivity contribution is 8.26. The molecule has 1 aliphatic rings. The molecule has 0 aromatic heterocycles. The summed E-state index contributed by atoms with van der Waals surface area (Å²) in [5, 5.41) is 21.1. The van der Waals surface area contributed by atoms with E-state index < -0.39 is 17.9 Å². The molecule has 1 amide bonds. The van der Waals surface area contributed by atoms with Crippen LogP contribution < -0.4 is 5.11 Å². The Morgan fingerprint density at radius 1 is 1.41 bits per heavy atom. The molecule has 0 radical (unpaired) electrons. The van der Waals surface area contributed by atoms with Crippen molar-refractivity contribution in [3.05, 3.63) is 34.7 Å². The lowest BCUT2D eigenvalue weighted by Crippen LogP contribution is -2.52. The fraction of sp³-hybridized carbons (Fsp3) is 0.267. The molecule has 22 heavy (non-hydrogen) atoms. The van der Waals surface area contributed by atoms with Crippen molar-refractivity contribution in [3.63, 3.8) is 0 Å². The van der Waals surface area contributed by atoms with Gasteiger partial charge in [-0.3, -0.25) is 9.69 Å². The maximum absolute atomic E-state index is 12.5. The first-order chi connectivity index (χ1) is 10.3. The standard InChI is InChI=1S/C15H15NO4S2/c1-8(2)12(14(19)20)16-13(18)11(22-15(16)21)7-9-5-3-4-6-10(9)17/h3-8,12,17H,1-2H3,(H,19,20)/p-1/b11-7-/t12-/m1/s1. The van der Waals surface area contributed by atoms with Crippen LogP contribution in [0.1, 0.15) is 19.4 Å². The van der Waals surface area contributed by atoms with Crippen LogP contribution in [0.15, 0.2) is 29.2 Å².